The molecule has 0 aliphatic carbocycles. The van der Waals surface area contributed by atoms with Gasteiger partial charge in [-0.2, -0.15) is 5.10 Å². The number of ether oxygens (including phenoxy) is 1. The van der Waals surface area contributed by atoms with Crippen molar-refractivity contribution >= 4 is 29.2 Å². The molecule has 35 heavy (non-hydrogen) atoms. The van der Waals surface area contributed by atoms with Crippen LogP contribution in [0, 0.1) is 0 Å². The molecule has 0 saturated carbocycles. The molecule has 0 bridgehead atoms. The minimum Gasteiger partial charge on any atom is -0.461 e. The Bertz CT molecular complexity index is 1310. The van der Waals surface area contributed by atoms with Crippen LogP contribution in [0.25, 0.3) is 5.69 Å². The molecule has 0 fully saturated rings. The molecule has 0 spiro atoms. The average Bonchev–Trinajstić information content (AvgIpc) is 3.56. The van der Waals surface area contributed by atoms with Crippen LogP contribution in [0.4, 0.5) is 11.4 Å². The minimum absolute atomic E-state index is 0.156. The fraction of sp³-hybridized carbons (Fsp3) is 0.160. The van der Waals surface area contributed by atoms with E-state index >= 15 is 0 Å². The van der Waals surface area contributed by atoms with Crippen molar-refractivity contribution in [1.29, 1.82) is 0 Å². The summed E-state index contributed by atoms with van der Waals surface area (Å²) in [5.41, 5.74) is 2.48. The molecule has 0 unspecified atom stereocenters. The van der Waals surface area contributed by atoms with Gasteiger partial charge in [-0.25, -0.2) is 14.5 Å². The SMILES string of the molecule is CCOC(=O)c1ccn(-c2ccc(NC(=O)c3cccc(NC(=O)CCn4ccnc4)c3)cc2)n1. The fourth-order valence-corrected chi connectivity index (χ4v) is 3.29. The predicted molar refractivity (Wildman–Crippen MR) is 129 cm³/mol. The van der Waals surface area contributed by atoms with Crippen LogP contribution in [0.15, 0.2) is 79.5 Å². The van der Waals surface area contributed by atoms with Crippen LogP contribution in [0.5, 0.6) is 0 Å². The van der Waals surface area contributed by atoms with Crippen molar-refractivity contribution in [2.24, 2.45) is 0 Å². The number of aryl methyl sites for hydroxylation is 1. The summed E-state index contributed by atoms with van der Waals surface area (Å²) in [4.78, 5) is 40.7. The molecule has 2 heterocycles. The summed E-state index contributed by atoms with van der Waals surface area (Å²) in [7, 11) is 0. The largest absolute Gasteiger partial charge is 0.461 e. The van der Waals surface area contributed by atoms with E-state index in [-0.39, 0.29) is 30.5 Å². The molecule has 4 aromatic rings. The molecule has 0 aliphatic rings. The van der Waals surface area contributed by atoms with Gasteiger partial charge >= 0.3 is 5.97 Å². The summed E-state index contributed by atoms with van der Waals surface area (Å²) in [6.45, 7) is 2.53. The van der Waals surface area contributed by atoms with E-state index in [1.807, 2.05) is 4.57 Å². The number of nitrogens with one attached hydrogen (secondary N) is 2. The van der Waals surface area contributed by atoms with Gasteiger partial charge in [0.05, 0.1) is 18.6 Å². The van der Waals surface area contributed by atoms with Crippen molar-refractivity contribution in [3.05, 3.63) is 90.8 Å². The zero-order valence-corrected chi connectivity index (χ0v) is 19.0. The first-order valence-electron chi connectivity index (χ1n) is 11.0. The van der Waals surface area contributed by atoms with Crippen LogP contribution >= 0.6 is 0 Å². The van der Waals surface area contributed by atoms with Gasteiger partial charge in [0.1, 0.15) is 0 Å². The second kappa shape index (κ2) is 10.9. The van der Waals surface area contributed by atoms with Crippen LogP contribution in [0.3, 0.4) is 0 Å². The van der Waals surface area contributed by atoms with E-state index in [0.717, 1.165) is 5.69 Å². The number of hydrogen-bond acceptors (Lipinski definition) is 6. The Kier molecular flexibility index (Phi) is 7.31. The Hall–Kier alpha value is -4.73. The summed E-state index contributed by atoms with van der Waals surface area (Å²) in [5.74, 6) is -0.945. The zero-order valence-electron chi connectivity index (χ0n) is 19.0. The van der Waals surface area contributed by atoms with Crippen LogP contribution in [0.2, 0.25) is 0 Å². The summed E-state index contributed by atoms with van der Waals surface area (Å²) < 4.78 is 8.32. The van der Waals surface area contributed by atoms with Crippen LogP contribution in [-0.4, -0.2) is 43.7 Å². The van der Waals surface area contributed by atoms with E-state index in [1.54, 1.807) is 91.1 Å². The Morgan fingerprint density at radius 3 is 2.54 bits per heavy atom. The van der Waals surface area contributed by atoms with Gasteiger partial charge in [0.15, 0.2) is 5.69 Å². The lowest BCUT2D eigenvalue weighted by molar-refractivity contribution is -0.116. The maximum atomic E-state index is 12.7. The molecule has 0 aliphatic heterocycles. The number of carbonyl (C=O) groups excluding carboxylic acids is 3. The monoisotopic (exact) mass is 472 g/mol. The molecule has 0 saturated heterocycles. The van der Waals surface area contributed by atoms with E-state index in [4.69, 9.17) is 4.74 Å². The van der Waals surface area contributed by atoms with Crippen LogP contribution in [0.1, 0.15) is 34.2 Å². The number of esters is 1. The molecule has 2 amide bonds. The Labute approximate surface area is 201 Å². The van der Waals surface area contributed by atoms with Gasteiger partial charge in [-0.15, -0.1) is 0 Å². The average molecular weight is 473 g/mol. The molecule has 4 rings (SSSR count). The molecule has 10 nitrogen and oxygen atoms in total. The van der Waals surface area contributed by atoms with Gasteiger partial charge in [0, 0.05) is 48.5 Å². The van der Waals surface area contributed by atoms with E-state index in [0.29, 0.717) is 23.5 Å². The molecular formula is C25H24N6O4. The van der Waals surface area contributed by atoms with Crippen molar-refractivity contribution in [3.8, 4) is 5.69 Å². The van der Waals surface area contributed by atoms with Gasteiger partial charge in [0.2, 0.25) is 5.91 Å². The predicted octanol–water partition coefficient (Wildman–Crippen LogP) is 3.53. The molecule has 2 aromatic heterocycles. The van der Waals surface area contributed by atoms with Crippen molar-refractivity contribution in [2.45, 2.75) is 19.9 Å². The summed E-state index contributed by atoms with van der Waals surface area (Å²) in [6, 6.07) is 15.3. The van der Waals surface area contributed by atoms with Gasteiger partial charge < -0.3 is 19.9 Å². The number of rotatable bonds is 9. The third kappa shape index (κ3) is 6.20. The topological polar surface area (TPSA) is 120 Å². The first kappa shape index (κ1) is 23.4. The van der Waals surface area contributed by atoms with Gasteiger partial charge in [-0.05, 0) is 55.5 Å². The number of nitrogens with zero attached hydrogens (tertiary/aromatic N) is 4. The second-order valence-corrected chi connectivity index (χ2v) is 7.55. The maximum absolute atomic E-state index is 12.7. The lowest BCUT2D eigenvalue weighted by atomic mass is 10.1. The van der Waals surface area contributed by atoms with Gasteiger partial charge in [-0.3, -0.25) is 9.59 Å². The molecule has 2 N–H and O–H groups in total. The fourth-order valence-electron chi connectivity index (χ4n) is 3.29. The number of hydrogen-bond donors (Lipinski definition) is 2. The Morgan fingerprint density at radius 1 is 0.971 bits per heavy atom. The van der Waals surface area contributed by atoms with Gasteiger partial charge in [-0.1, -0.05) is 6.07 Å². The van der Waals surface area contributed by atoms with Gasteiger partial charge in [0.25, 0.3) is 5.91 Å². The van der Waals surface area contributed by atoms with Crippen LogP contribution < -0.4 is 10.6 Å². The van der Waals surface area contributed by atoms with Crippen molar-refractivity contribution < 1.29 is 19.1 Å². The Morgan fingerprint density at radius 2 is 1.80 bits per heavy atom. The van der Waals surface area contributed by atoms with Crippen molar-refractivity contribution in [1.82, 2.24) is 19.3 Å². The number of anilines is 2. The van der Waals surface area contributed by atoms with E-state index in [2.05, 4.69) is 20.7 Å². The van der Waals surface area contributed by atoms with E-state index in [1.165, 1.54) is 0 Å². The van der Waals surface area contributed by atoms with E-state index in [9.17, 15) is 14.4 Å². The number of amides is 2. The molecule has 0 radical (unpaired) electrons. The van der Waals surface area contributed by atoms with Crippen LogP contribution in [-0.2, 0) is 16.1 Å². The summed E-state index contributed by atoms with van der Waals surface area (Å²) >= 11 is 0. The molecule has 0 atom stereocenters. The lowest BCUT2D eigenvalue weighted by Gasteiger charge is -2.09. The molecule has 10 heteroatoms. The van der Waals surface area contributed by atoms with Crippen molar-refractivity contribution in [3.63, 3.8) is 0 Å². The standard InChI is InChI=1S/C25H24N6O4/c1-2-35-25(34)22-10-14-31(29-22)21-8-6-19(7-9-21)28-24(33)18-4-3-5-20(16-18)27-23(32)11-13-30-15-12-26-17-30/h3-10,12,14-17H,2,11,13H2,1H3,(H,27,32)(H,28,33). The molecular weight excluding hydrogens is 448 g/mol. The number of aromatic nitrogens is 4. The molecule has 2 aromatic carbocycles. The summed E-state index contributed by atoms with van der Waals surface area (Å²) in [6.07, 6.45) is 7.06. The smallest absolute Gasteiger partial charge is 0.358 e. The quantitative estimate of drug-likeness (QED) is 0.360. The lowest BCUT2D eigenvalue weighted by Crippen LogP contribution is -2.15. The Balaban J connectivity index is 1.34. The second-order valence-electron chi connectivity index (χ2n) is 7.55. The highest BCUT2D eigenvalue weighted by molar-refractivity contribution is 6.05. The first-order valence-corrected chi connectivity index (χ1v) is 11.0. The number of imidazole rings is 1. The molecule has 178 valence electrons. The third-order valence-electron chi connectivity index (χ3n) is 5.03. The minimum atomic E-state index is -0.480. The first-order chi connectivity index (χ1) is 17.0. The number of benzene rings is 2. The third-order valence-corrected chi connectivity index (χ3v) is 5.03. The number of carbonyl (C=O) groups is 3. The highest BCUT2D eigenvalue weighted by Crippen LogP contribution is 2.17. The van der Waals surface area contributed by atoms with Crippen molar-refractivity contribution in [2.75, 3.05) is 17.2 Å². The van der Waals surface area contributed by atoms with E-state index < -0.39 is 5.97 Å². The normalized spacial score (nSPS) is 10.5. The highest BCUT2D eigenvalue weighted by Gasteiger charge is 2.12. The zero-order chi connectivity index (χ0) is 24.6. The maximum Gasteiger partial charge on any atom is 0.358 e. The summed E-state index contributed by atoms with van der Waals surface area (Å²) in [5, 5.41) is 9.86. The highest BCUT2D eigenvalue weighted by atomic mass is 16.5.